The van der Waals surface area contributed by atoms with Crippen molar-refractivity contribution in [3.05, 3.63) is 59.7 Å². The summed E-state index contributed by atoms with van der Waals surface area (Å²) >= 11 is 0. The molecule has 4 rings (SSSR count). The molecule has 2 heterocycles. The minimum Gasteiger partial charge on any atom is -0.485 e. The Morgan fingerprint density at radius 1 is 1.07 bits per heavy atom. The summed E-state index contributed by atoms with van der Waals surface area (Å²) < 4.78 is 16.5. The van der Waals surface area contributed by atoms with Gasteiger partial charge in [-0.25, -0.2) is 4.79 Å². The Morgan fingerprint density at radius 2 is 1.78 bits per heavy atom. The van der Waals surface area contributed by atoms with E-state index in [0.717, 1.165) is 12.0 Å². The minimum atomic E-state index is -0.878. The van der Waals surface area contributed by atoms with Crippen LogP contribution in [0, 0.1) is 0 Å². The van der Waals surface area contributed by atoms with Gasteiger partial charge in [0.1, 0.15) is 6.61 Å². The molecule has 0 bridgehead atoms. The maximum absolute atomic E-state index is 12.7. The topological polar surface area (TPSA) is 65.1 Å². The summed E-state index contributed by atoms with van der Waals surface area (Å²) in [5, 5.41) is 0. The quantitative estimate of drug-likeness (QED) is 0.779. The fraction of sp³-hybridized carbons (Fsp3) is 0.333. The van der Waals surface area contributed by atoms with Gasteiger partial charge in [-0.05, 0) is 36.6 Å². The van der Waals surface area contributed by atoms with Gasteiger partial charge in [0.05, 0.1) is 0 Å². The fourth-order valence-electron chi connectivity index (χ4n) is 3.38. The highest BCUT2D eigenvalue weighted by atomic mass is 16.6. The molecule has 0 unspecified atom stereocenters. The molecule has 0 aliphatic carbocycles. The monoisotopic (exact) mass is 367 g/mol. The molecule has 0 aromatic heterocycles. The smallest absolute Gasteiger partial charge is 0.351 e. The molecule has 0 saturated heterocycles. The number of hydrogen-bond donors (Lipinski definition) is 0. The van der Waals surface area contributed by atoms with Crippen molar-refractivity contribution >= 4 is 11.9 Å². The summed E-state index contributed by atoms with van der Waals surface area (Å²) in [4.78, 5) is 26.8. The van der Waals surface area contributed by atoms with Gasteiger partial charge >= 0.3 is 5.97 Å². The molecule has 0 saturated carbocycles. The highest BCUT2D eigenvalue weighted by molar-refractivity contribution is 5.85. The number of hydrogen-bond acceptors (Lipinski definition) is 5. The van der Waals surface area contributed by atoms with E-state index in [1.165, 1.54) is 5.56 Å². The van der Waals surface area contributed by atoms with Crippen LogP contribution in [0.25, 0.3) is 0 Å². The molecule has 0 N–H and O–H groups in total. The summed E-state index contributed by atoms with van der Waals surface area (Å²) in [6.07, 6.45) is -0.945. The second kappa shape index (κ2) is 7.31. The molecule has 6 nitrogen and oxygen atoms in total. The first-order chi connectivity index (χ1) is 13.1. The van der Waals surface area contributed by atoms with Crippen LogP contribution in [-0.4, -0.2) is 42.1 Å². The number of nitrogens with zero attached hydrogens (tertiary/aromatic N) is 1. The third-order valence-corrected chi connectivity index (χ3v) is 4.85. The van der Waals surface area contributed by atoms with Crippen LogP contribution < -0.4 is 9.47 Å². The standard InChI is InChI=1S/C21H21NO5/c1-14(20(23)22-11-10-15-6-2-3-7-16(15)12-22)26-21(24)19-13-25-17-8-4-5-9-18(17)27-19/h2-9,14,19H,10-13H2,1H3/t14-,19+/m1/s1. The molecule has 6 heteroatoms. The number of esters is 1. The minimum absolute atomic E-state index is 0.0633. The number of carbonyl (C=O) groups is 2. The summed E-state index contributed by atoms with van der Waals surface area (Å²) in [5.74, 6) is 0.299. The van der Waals surface area contributed by atoms with E-state index in [0.29, 0.717) is 24.6 Å². The van der Waals surface area contributed by atoms with Crippen molar-refractivity contribution in [1.29, 1.82) is 0 Å². The first-order valence-corrected chi connectivity index (χ1v) is 9.06. The van der Waals surface area contributed by atoms with Gasteiger partial charge in [0.2, 0.25) is 6.10 Å². The molecule has 2 atom stereocenters. The molecule has 2 aromatic rings. The molecule has 2 aromatic carbocycles. The molecule has 140 valence electrons. The zero-order valence-electron chi connectivity index (χ0n) is 15.1. The van der Waals surface area contributed by atoms with Crippen molar-refractivity contribution in [3.63, 3.8) is 0 Å². The average molecular weight is 367 g/mol. The van der Waals surface area contributed by atoms with Gasteiger partial charge in [-0.3, -0.25) is 4.79 Å². The number of para-hydroxylation sites is 2. The highest BCUT2D eigenvalue weighted by Crippen LogP contribution is 2.31. The maximum atomic E-state index is 12.7. The lowest BCUT2D eigenvalue weighted by Crippen LogP contribution is -2.45. The Hall–Kier alpha value is -3.02. The molecule has 27 heavy (non-hydrogen) atoms. The Morgan fingerprint density at radius 3 is 2.59 bits per heavy atom. The van der Waals surface area contributed by atoms with E-state index in [4.69, 9.17) is 14.2 Å². The normalized spacial score (nSPS) is 19.0. The molecule has 1 amide bonds. The maximum Gasteiger partial charge on any atom is 0.351 e. The predicted molar refractivity (Wildman–Crippen MR) is 97.5 cm³/mol. The van der Waals surface area contributed by atoms with Crippen molar-refractivity contribution in [2.45, 2.75) is 32.1 Å². The summed E-state index contributed by atoms with van der Waals surface area (Å²) in [6.45, 7) is 2.81. The molecule has 0 spiro atoms. The summed E-state index contributed by atoms with van der Waals surface area (Å²) in [7, 11) is 0. The van der Waals surface area contributed by atoms with E-state index in [2.05, 4.69) is 6.07 Å². The van der Waals surface area contributed by atoms with Crippen LogP contribution in [0.5, 0.6) is 11.5 Å². The third kappa shape index (κ3) is 3.60. The lowest BCUT2D eigenvalue weighted by Gasteiger charge is -2.31. The number of fused-ring (bicyclic) bond motifs is 2. The number of ether oxygens (including phenoxy) is 3. The summed E-state index contributed by atoms with van der Waals surface area (Å²) in [6, 6.07) is 15.2. The number of benzene rings is 2. The number of amides is 1. The van der Waals surface area contributed by atoms with Gasteiger partial charge in [-0.2, -0.15) is 0 Å². The van der Waals surface area contributed by atoms with Gasteiger partial charge in [0.25, 0.3) is 5.91 Å². The SMILES string of the molecule is C[C@@H](OC(=O)[C@@H]1COc2ccccc2O1)C(=O)N1CCc2ccccc2C1. The van der Waals surface area contributed by atoms with Gasteiger partial charge in [0, 0.05) is 13.1 Å². The lowest BCUT2D eigenvalue weighted by molar-refractivity contribution is -0.167. The Bertz CT molecular complexity index is 865. The van der Waals surface area contributed by atoms with Crippen LogP contribution in [0.3, 0.4) is 0 Å². The van der Waals surface area contributed by atoms with Crippen molar-refractivity contribution < 1.29 is 23.8 Å². The van der Waals surface area contributed by atoms with Gasteiger partial charge in [-0.1, -0.05) is 36.4 Å². The molecular weight excluding hydrogens is 346 g/mol. The highest BCUT2D eigenvalue weighted by Gasteiger charge is 2.33. The zero-order valence-corrected chi connectivity index (χ0v) is 15.1. The van der Waals surface area contributed by atoms with Crippen LogP contribution in [0.15, 0.2) is 48.5 Å². The van der Waals surface area contributed by atoms with Crippen LogP contribution in [0.4, 0.5) is 0 Å². The third-order valence-electron chi connectivity index (χ3n) is 4.85. The summed E-state index contributed by atoms with van der Waals surface area (Å²) in [5.41, 5.74) is 2.40. The van der Waals surface area contributed by atoms with E-state index in [1.807, 2.05) is 24.3 Å². The Labute approximate surface area is 157 Å². The second-order valence-electron chi connectivity index (χ2n) is 6.72. The molecule has 2 aliphatic rings. The van der Waals surface area contributed by atoms with Gasteiger partial charge < -0.3 is 19.1 Å². The fourth-order valence-corrected chi connectivity index (χ4v) is 3.38. The van der Waals surface area contributed by atoms with Crippen molar-refractivity contribution in [2.75, 3.05) is 13.2 Å². The van der Waals surface area contributed by atoms with E-state index in [9.17, 15) is 9.59 Å². The van der Waals surface area contributed by atoms with E-state index >= 15 is 0 Å². The van der Waals surface area contributed by atoms with Crippen LogP contribution in [0.2, 0.25) is 0 Å². The van der Waals surface area contributed by atoms with E-state index in [-0.39, 0.29) is 12.5 Å². The van der Waals surface area contributed by atoms with E-state index < -0.39 is 18.2 Å². The second-order valence-corrected chi connectivity index (χ2v) is 6.72. The first kappa shape index (κ1) is 17.4. The number of carbonyl (C=O) groups excluding carboxylic acids is 2. The Balaban J connectivity index is 1.36. The van der Waals surface area contributed by atoms with Crippen LogP contribution in [-0.2, 0) is 27.3 Å². The van der Waals surface area contributed by atoms with E-state index in [1.54, 1.807) is 30.0 Å². The van der Waals surface area contributed by atoms with Gasteiger partial charge in [-0.15, -0.1) is 0 Å². The largest absolute Gasteiger partial charge is 0.485 e. The lowest BCUT2D eigenvalue weighted by atomic mass is 9.99. The average Bonchev–Trinajstić information content (AvgIpc) is 2.72. The molecular formula is C21H21NO5. The van der Waals surface area contributed by atoms with Gasteiger partial charge in [0.15, 0.2) is 17.6 Å². The predicted octanol–water partition coefficient (Wildman–Crippen LogP) is 2.34. The van der Waals surface area contributed by atoms with Crippen LogP contribution >= 0.6 is 0 Å². The van der Waals surface area contributed by atoms with Crippen molar-refractivity contribution in [3.8, 4) is 11.5 Å². The van der Waals surface area contributed by atoms with Crippen LogP contribution in [0.1, 0.15) is 18.1 Å². The Kier molecular flexibility index (Phi) is 4.71. The zero-order chi connectivity index (χ0) is 18.8. The molecule has 0 radical (unpaired) electrons. The number of rotatable bonds is 3. The molecule has 0 fully saturated rings. The van der Waals surface area contributed by atoms with Crippen molar-refractivity contribution in [2.24, 2.45) is 0 Å². The van der Waals surface area contributed by atoms with Crippen molar-refractivity contribution in [1.82, 2.24) is 4.90 Å². The molecule has 2 aliphatic heterocycles. The first-order valence-electron chi connectivity index (χ1n) is 9.06.